The van der Waals surface area contributed by atoms with Crippen molar-refractivity contribution in [2.45, 2.75) is 12.6 Å². The van der Waals surface area contributed by atoms with Gasteiger partial charge in [-0.2, -0.15) is 0 Å². The number of hydrogen-bond acceptors (Lipinski definition) is 6. The molecule has 0 saturated carbocycles. The first kappa shape index (κ1) is 17.3. The monoisotopic (exact) mass is 383 g/mol. The lowest BCUT2D eigenvalue weighted by Crippen LogP contribution is -2.61. The van der Waals surface area contributed by atoms with E-state index in [0.717, 1.165) is 10.4 Å². The minimum atomic E-state index is -0.489. The van der Waals surface area contributed by atoms with E-state index in [2.05, 4.69) is 10.5 Å². The molecular formula is C19H17N3O4S. The van der Waals surface area contributed by atoms with Gasteiger partial charge in [-0.15, -0.1) is 11.3 Å². The summed E-state index contributed by atoms with van der Waals surface area (Å²) in [6, 6.07) is 14.8. The highest BCUT2D eigenvalue weighted by Crippen LogP contribution is 2.26. The molecule has 1 aromatic carbocycles. The van der Waals surface area contributed by atoms with Gasteiger partial charge in [-0.1, -0.05) is 41.6 Å². The summed E-state index contributed by atoms with van der Waals surface area (Å²) in [5.74, 6) is 0.366. The van der Waals surface area contributed by atoms with Crippen LogP contribution in [0.1, 0.15) is 16.1 Å². The van der Waals surface area contributed by atoms with Crippen molar-refractivity contribution in [3.8, 4) is 10.6 Å². The van der Waals surface area contributed by atoms with Crippen LogP contribution in [0.4, 0.5) is 4.79 Å². The summed E-state index contributed by atoms with van der Waals surface area (Å²) in [6.07, 6.45) is -0.489. The summed E-state index contributed by atoms with van der Waals surface area (Å²) in [6.45, 7) is 1.05. The van der Waals surface area contributed by atoms with E-state index in [9.17, 15) is 9.59 Å². The molecule has 138 valence electrons. The predicted molar refractivity (Wildman–Crippen MR) is 99.3 cm³/mol. The second-order valence-electron chi connectivity index (χ2n) is 6.17. The summed E-state index contributed by atoms with van der Waals surface area (Å²) < 4.78 is 10.4. The fourth-order valence-corrected chi connectivity index (χ4v) is 3.41. The first-order chi connectivity index (χ1) is 13.2. The van der Waals surface area contributed by atoms with Crippen molar-refractivity contribution in [2.75, 3.05) is 13.1 Å². The predicted octanol–water partition coefficient (Wildman–Crippen LogP) is 3.15. The van der Waals surface area contributed by atoms with Crippen molar-refractivity contribution in [1.29, 1.82) is 0 Å². The minimum Gasteiger partial charge on any atom is -0.445 e. The number of nitrogens with one attached hydrogen (secondary N) is 1. The van der Waals surface area contributed by atoms with Gasteiger partial charge in [-0.25, -0.2) is 4.79 Å². The third-order valence-corrected chi connectivity index (χ3v) is 5.08. The van der Waals surface area contributed by atoms with Crippen LogP contribution in [0, 0.1) is 0 Å². The van der Waals surface area contributed by atoms with E-state index >= 15 is 0 Å². The normalized spacial score (nSPS) is 13.9. The second kappa shape index (κ2) is 7.63. The fraction of sp³-hybridized carbons (Fsp3) is 0.211. The molecule has 1 saturated heterocycles. The van der Waals surface area contributed by atoms with Crippen LogP contribution in [-0.2, 0) is 11.3 Å². The highest BCUT2D eigenvalue weighted by Gasteiger charge is 2.34. The van der Waals surface area contributed by atoms with E-state index in [1.165, 1.54) is 11.3 Å². The van der Waals surface area contributed by atoms with Crippen LogP contribution in [-0.4, -0.2) is 41.2 Å². The van der Waals surface area contributed by atoms with Crippen molar-refractivity contribution < 1.29 is 18.8 Å². The Morgan fingerprint density at radius 2 is 2.04 bits per heavy atom. The van der Waals surface area contributed by atoms with Crippen molar-refractivity contribution >= 4 is 23.3 Å². The first-order valence-electron chi connectivity index (χ1n) is 8.46. The Hall–Kier alpha value is -3.13. The third kappa shape index (κ3) is 4.01. The van der Waals surface area contributed by atoms with Crippen LogP contribution in [0.3, 0.4) is 0 Å². The molecule has 0 unspecified atom stereocenters. The highest BCUT2D eigenvalue weighted by molar-refractivity contribution is 7.13. The van der Waals surface area contributed by atoms with Gasteiger partial charge >= 0.3 is 6.09 Å². The summed E-state index contributed by atoms with van der Waals surface area (Å²) in [7, 11) is 0. The van der Waals surface area contributed by atoms with Gasteiger partial charge in [-0.3, -0.25) is 4.79 Å². The number of aromatic nitrogens is 1. The van der Waals surface area contributed by atoms with Gasteiger partial charge in [0.25, 0.3) is 5.91 Å². The Morgan fingerprint density at radius 1 is 1.22 bits per heavy atom. The third-order valence-electron chi connectivity index (χ3n) is 4.20. The lowest BCUT2D eigenvalue weighted by Gasteiger charge is -2.38. The average Bonchev–Trinajstić information content (AvgIpc) is 3.34. The SMILES string of the molecule is O=C(NC1CN(C(=O)c2cc(-c3cccs3)on2)C1)OCc1ccccc1. The number of benzene rings is 1. The second-order valence-corrected chi connectivity index (χ2v) is 7.11. The Morgan fingerprint density at radius 3 is 2.78 bits per heavy atom. The van der Waals surface area contributed by atoms with Crippen molar-refractivity contribution in [3.05, 3.63) is 65.2 Å². The molecular weight excluding hydrogens is 366 g/mol. The number of likely N-dealkylation sites (tertiary alicyclic amines) is 1. The van der Waals surface area contributed by atoms with Gasteiger partial charge in [0.1, 0.15) is 6.61 Å². The Bertz CT molecular complexity index is 918. The molecule has 0 bridgehead atoms. The molecule has 1 N–H and O–H groups in total. The number of nitrogens with zero attached hydrogens (tertiary/aromatic N) is 2. The molecule has 0 aliphatic carbocycles. The maximum absolute atomic E-state index is 12.4. The molecule has 3 aromatic rings. The molecule has 4 rings (SSSR count). The fourth-order valence-electron chi connectivity index (χ4n) is 2.74. The van der Waals surface area contributed by atoms with Gasteiger partial charge in [0, 0.05) is 19.2 Å². The molecule has 0 spiro atoms. The van der Waals surface area contributed by atoms with Crippen molar-refractivity contribution in [3.63, 3.8) is 0 Å². The summed E-state index contributed by atoms with van der Waals surface area (Å²) in [4.78, 5) is 26.8. The van der Waals surface area contributed by atoms with Crippen LogP contribution < -0.4 is 5.32 Å². The summed E-state index contributed by atoms with van der Waals surface area (Å²) >= 11 is 1.52. The maximum Gasteiger partial charge on any atom is 0.407 e. The number of rotatable bonds is 5. The number of amides is 2. The van der Waals surface area contributed by atoms with Crippen LogP contribution in [0.2, 0.25) is 0 Å². The highest BCUT2D eigenvalue weighted by atomic mass is 32.1. The molecule has 2 amide bonds. The number of hydrogen-bond donors (Lipinski definition) is 1. The van der Waals surface area contributed by atoms with E-state index < -0.39 is 6.09 Å². The minimum absolute atomic E-state index is 0.124. The van der Waals surface area contributed by atoms with Crippen LogP contribution in [0.5, 0.6) is 0 Å². The van der Waals surface area contributed by atoms with Gasteiger partial charge in [0.15, 0.2) is 11.5 Å². The Balaban J connectivity index is 1.23. The number of carbonyl (C=O) groups excluding carboxylic acids is 2. The van der Waals surface area contributed by atoms with Crippen molar-refractivity contribution in [2.24, 2.45) is 0 Å². The number of ether oxygens (including phenoxy) is 1. The maximum atomic E-state index is 12.4. The Labute approximate surface area is 159 Å². The molecule has 0 atom stereocenters. The lowest BCUT2D eigenvalue weighted by molar-refractivity contribution is 0.0535. The lowest BCUT2D eigenvalue weighted by atomic mass is 10.1. The molecule has 8 heteroatoms. The smallest absolute Gasteiger partial charge is 0.407 e. The molecule has 1 aliphatic heterocycles. The zero-order valence-corrected chi connectivity index (χ0v) is 15.1. The van der Waals surface area contributed by atoms with E-state index in [-0.39, 0.29) is 24.2 Å². The topological polar surface area (TPSA) is 84.7 Å². The van der Waals surface area contributed by atoms with Gasteiger partial charge in [-0.05, 0) is 17.0 Å². The largest absolute Gasteiger partial charge is 0.445 e. The number of thiophene rings is 1. The van der Waals surface area contributed by atoms with Crippen LogP contribution >= 0.6 is 11.3 Å². The standard InChI is InChI=1S/C19H17N3O4S/c23-18(15-9-16(26-21-15)17-7-4-8-27-17)22-10-14(11-22)20-19(24)25-12-13-5-2-1-3-6-13/h1-9,14H,10-12H2,(H,20,24). The summed E-state index contributed by atoms with van der Waals surface area (Å²) in [5.41, 5.74) is 1.19. The number of carbonyl (C=O) groups is 2. The molecule has 7 nitrogen and oxygen atoms in total. The molecule has 2 aromatic heterocycles. The summed E-state index contributed by atoms with van der Waals surface area (Å²) in [5, 5.41) is 8.54. The van der Waals surface area contributed by atoms with Gasteiger partial charge in [0.2, 0.25) is 0 Å². The van der Waals surface area contributed by atoms with E-state index in [1.54, 1.807) is 11.0 Å². The van der Waals surface area contributed by atoms with E-state index in [4.69, 9.17) is 9.26 Å². The van der Waals surface area contributed by atoms with Crippen LogP contribution in [0.15, 0.2) is 58.4 Å². The first-order valence-corrected chi connectivity index (χ1v) is 9.34. The van der Waals surface area contributed by atoms with Gasteiger partial charge < -0.3 is 19.5 Å². The molecule has 0 radical (unpaired) electrons. The van der Waals surface area contributed by atoms with E-state index in [0.29, 0.717) is 18.8 Å². The molecule has 1 aliphatic rings. The average molecular weight is 383 g/mol. The van der Waals surface area contributed by atoms with Crippen LogP contribution in [0.25, 0.3) is 10.6 Å². The molecule has 27 heavy (non-hydrogen) atoms. The van der Waals surface area contributed by atoms with Gasteiger partial charge in [0.05, 0.1) is 10.9 Å². The Kier molecular flexibility index (Phi) is 4.88. The zero-order chi connectivity index (χ0) is 18.6. The molecule has 1 fully saturated rings. The molecule has 3 heterocycles. The zero-order valence-electron chi connectivity index (χ0n) is 14.3. The number of alkyl carbamates (subject to hydrolysis) is 1. The van der Waals surface area contributed by atoms with E-state index in [1.807, 2.05) is 47.8 Å². The quantitative estimate of drug-likeness (QED) is 0.732. The van der Waals surface area contributed by atoms with Crippen molar-refractivity contribution in [1.82, 2.24) is 15.4 Å².